The molecule has 4 N–H and O–H groups in total. The lowest BCUT2D eigenvalue weighted by atomic mass is 9.98. The average molecular weight is 362 g/mol. The SMILES string of the molecule is O=C(O)c1cc(C(=O)O)cc(-c2cccc3[nH]c(S(=O)(=O)O)nc23)c1. The number of hydrogen-bond donors (Lipinski definition) is 4. The minimum Gasteiger partial charge on any atom is -0.478 e. The Hall–Kier alpha value is -3.24. The van der Waals surface area contributed by atoms with Crippen molar-refractivity contribution in [3.63, 3.8) is 0 Å². The highest BCUT2D eigenvalue weighted by molar-refractivity contribution is 7.85. The van der Waals surface area contributed by atoms with Crippen molar-refractivity contribution in [1.29, 1.82) is 0 Å². The van der Waals surface area contributed by atoms with E-state index < -0.39 is 27.2 Å². The molecule has 0 aliphatic carbocycles. The van der Waals surface area contributed by atoms with Crippen LogP contribution in [0.25, 0.3) is 22.2 Å². The number of rotatable bonds is 4. The van der Waals surface area contributed by atoms with Crippen LogP contribution < -0.4 is 0 Å². The number of aromatic nitrogens is 2. The molecule has 0 spiro atoms. The minimum absolute atomic E-state index is 0.147. The Morgan fingerprint density at radius 1 is 1.00 bits per heavy atom. The molecule has 0 aliphatic heterocycles. The third-order valence-corrected chi connectivity index (χ3v) is 4.16. The number of carboxylic acid groups (broad SMARTS) is 2. The van der Waals surface area contributed by atoms with Crippen molar-refractivity contribution < 1.29 is 32.8 Å². The summed E-state index contributed by atoms with van der Waals surface area (Å²) in [5.41, 5.74) is 0.497. The summed E-state index contributed by atoms with van der Waals surface area (Å²) in [5, 5.41) is 17.7. The lowest BCUT2D eigenvalue weighted by Crippen LogP contribution is -2.03. The third kappa shape index (κ3) is 3.07. The van der Waals surface area contributed by atoms with E-state index in [4.69, 9.17) is 14.8 Å². The molecule has 0 fully saturated rings. The van der Waals surface area contributed by atoms with E-state index in [0.29, 0.717) is 5.56 Å². The zero-order valence-corrected chi connectivity index (χ0v) is 13.1. The molecule has 3 rings (SSSR count). The van der Waals surface area contributed by atoms with Gasteiger partial charge in [-0.15, -0.1) is 0 Å². The normalized spacial score (nSPS) is 11.6. The molecule has 9 nitrogen and oxygen atoms in total. The first-order valence-corrected chi connectivity index (χ1v) is 8.19. The van der Waals surface area contributed by atoms with Gasteiger partial charge in [0.25, 0.3) is 5.16 Å². The van der Waals surface area contributed by atoms with Crippen molar-refractivity contribution >= 4 is 33.1 Å². The molecule has 25 heavy (non-hydrogen) atoms. The van der Waals surface area contributed by atoms with Crippen LogP contribution in [-0.2, 0) is 10.1 Å². The maximum absolute atomic E-state index is 11.2. The first-order chi connectivity index (χ1) is 11.7. The first kappa shape index (κ1) is 16.6. The molecule has 0 aliphatic rings. The maximum atomic E-state index is 11.2. The van der Waals surface area contributed by atoms with E-state index in [9.17, 15) is 18.0 Å². The van der Waals surface area contributed by atoms with Crippen molar-refractivity contribution in [2.24, 2.45) is 0 Å². The zero-order valence-electron chi connectivity index (χ0n) is 12.3. The summed E-state index contributed by atoms with van der Waals surface area (Å²) in [4.78, 5) is 28.7. The predicted molar refractivity (Wildman–Crippen MR) is 85.3 cm³/mol. The summed E-state index contributed by atoms with van der Waals surface area (Å²) in [6.07, 6.45) is 0. The molecule has 1 aromatic heterocycles. The van der Waals surface area contributed by atoms with E-state index in [0.717, 1.165) is 6.07 Å². The zero-order chi connectivity index (χ0) is 18.4. The summed E-state index contributed by atoms with van der Waals surface area (Å²) in [6, 6.07) is 8.12. The van der Waals surface area contributed by atoms with Gasteiger partial charge in [-0.25, -0.2) is 14.6 Å². The average Bonchev–Trinajstić information content (AvgIpc) is 2.98. The molecular weight excluding hydrogens is 352 g/mol. The summed E-state index contributed by atoms with van der Waals surface area (Å²) in [7, 11) is -4.56. The molecule has 0 radical (unpaired) electrons. The highest BCUT2D eigenvalue weighted by atomic mass is 32.2. The number of fused-ring (bicyclic) bond motifs is 1. The monoisotopic (exact) mass is 362 g/mol. The Morgan fingerprint density at radius 2 is 1.60 bits per heavy atom. The molecule has 0 saturated carbocycles. The second-order valence-corrected chi connectivity index (χ2v) is 6.46. The topological polar surface area (TPSA) is 158 Å². The van der Waals surface area contributed by atoms with Crippen LogP contribution in [-0.4, -0.2) is 45.1 Å². The number of carbonyl (C=O) groups is 2. The Labute approximate surface area is 140 Å². The molecule has 0 amide bonds. The molecule has 0 atom stereocenters. The second kappa shape index (κ2) is 5.69. The van der Waals surface area contributed by atoms with Crippen LogP contribution in [0.5, 0.6) is 0 Å². The van der Waals surface area contributed by atoms with Gasteiger partial charge in [-0.05, 0) is 29.8 Å². The molecule has 2 aromatic carbocycles. The highest BCUT2D eigenvalue weighted by Crippen LogP contribution is 2.29. The number of nitrogens with one attached hydrogen (secondary N) is 1. The second-order valence-electron chi connectivity index (χ2n) is 5.13. The van der Waals surface area contributed by atoms with Gasteiger partial charge in [-0.3, -0.25) is 4.55 Å². The fourth-order valence-electron chi connectivity index (χ4n) is 2.39. The van der Waals surface area contributed by atoms with E-state index in [1.165, 1.54) is 24.3 Å². The van der Waals surface area contributed by atoms with Crippen LogP contribution in [0.3, 0.4) is 0 Å². The molecule has 128 valence electrons. The Morgan fingerprint density at radius 3 is 2.12 bits per heavy atom. The largest absolute Gasteiger partial charge is 0.478 e. The molecular formula is C15H10N2O7S. The first-order valence-electron chi connectivity index (χ1n) is 6.75. The lowest BCUT2D eigenvalue weighted by molar-refractivity contribution is 0.0696. The van der Waals surface area contributed by atoms with Crippen LogP contribution in [0.2, 0.25) is 0 Å². The molecule has 0 bridgehead atoms. The van der Waals surface area contributed by atoms with Crippen molar-refractivity contribution in [3.05, 3.63) is 47.5 Å². The fraction of sp³-hybridized carbons (Fsp3) is 0. The van der Waals surface area contributed by atoms with Gasteiger partial charge in [0.1, 0.15) is 0 Å². The van der Waals surface area contributed by atoms with E-state index >= 15 is 0 Å². The Balaban J connectivity index is 2.31. The number of aromatic amines is 1. The summed E-state index contributed by atoms with van der Waals surface area (Å²) in [5.74, 6) is -2.62. The van der Waals surface area contributed by atoms with Crippen LogP contribution in [0.15, 0.2) is 41.6 Å². The smallest absolute Gasteiger partial charge is 0.335 e. The number of carboxylic acids is 2. The van der Waals surface area contributed by atoms with Crippen LogP contribution in [0.4, 0.5) is 0 Å². The maximum Gasteiger partial charge on any atom is 0.335 e. The molecule has 3 aromatic rings. The van der Waals surface area contributed by atoms with Crippen molar-refractivity contribution in [2.75, 3.05) is 0 Å². The number of benzene rings is 2. The van der Waals surface area contributed by atoms with Crippen LogP contribution in [0.1, 0.15) is 20.7 Å². The van der Waals surface area contributed by atoms with Gasteiger partial charge < -0.3 is 15.2 Å². The van der Waals surface area contributed by atoms with Crippen LogP contribution >= 0.6 is 0 Å². The van der Waals surface area contributed by atoms with Crippen molar-refractivity contribution in [2.45, 2.75) is 5.16 Å². The van der Waals surface area contributed by atoms with Gasteiger partial charge in [-0.2, -0.15) is 8.42 Å². The minimum atomic E-state index is -4.56. The number of nitrogens with zero attached hydrogens (tertiary/aromatic N) is 1. The molecule has 0 saturated heterocycles. The standard InChI is InChI=1S/C15H10N2O7S/c18-13(19)8-4-7(5-9(6-8)14(20)21)10-2-1-3-11-12(10)17-15(16-11)25(22,23)24/h1-6H,(H,16,17)(H,18,19)(H,20,21)(H,22,23,24). The van der Waals surface area contributed by atoms with E-state index in [-0.39, 0.29) is 27.7 Å². The summed E-state index contributed by atoms with van der Waals surface area (Å²) < 4.78 is 31.6. The van der Waals surface area contributed by atoms with Crippen LogP contribution in [0, 0.1) is 0 Å². The van der Waals surface area contributed by atoms with Gasteiger partial charge in [0, 0.05) is 5.56 Å². The number of aromatic carboxylic acids is 2. The van der Waals surface area contributed by atoms with E-state index in [1.54, 1.807) is 6.07 Å². The Kier molecular flexibility index (Phi) is 3.78. The number of H-pyrrole nitrogens is 1. The predicted octanol–water partition coefficient (Wildman–Crippen LogP) is 1.87. The third-order valence-electron chi connectivity index (χ3n) is 3.47. The van der Waals surface area contributed by atoms with Gasteiger partial charge in [-0.1, -0.05) is 12.1 Å². The molecule has 1 heterocycles. The fourth-order valence-corrected chi connectivity index (χ4v) is 2.84. The molecule has 10 heteroatoms. The van der Waals surface area contributed by atoms with Gasteiger partial charge in [0.15, 0.2) is 0 Å². The number of hydrogen-bond acceptors (Lipinski definition) is 5. The highest BCUT2D eigenvalue weighted by Gasteiger charge is 2.19. The van der Waals surface area contributed by atoms with E-state index in [1.807, 2.05) is 0 Å². The van der Waals surface area contributed by atoms with Gasteiger partial charge in [0.2, 0.25) is 0 Å². The van der Waals surface area contributed by atoms with E-state index in [2.05, 4.69) is 9.97 Å². The van der Waals surface area contributed by atoms with Crippen molar-refractivity contribution in [3.8, 4) is 11.1 Å². The van der Waals surface area contributed by atoms with Gasteiger partial charge in [0.05, 0.1) is 22.2 Å². The Bertz CT molecular complexity index is 1100. The summed E-state index contributed by atoms with van der Waals surface area (Å²) in [6.45, 7) is 0. The number of para-hydroxylation sites is 1. The number of imidazole rings is 1. The summed E-state index contributed by atoms with van der Waals surface area (Å²) >= 11 is 0. The van der Waals surface area contributed by atoms with Crippen molar-refractivity contribution in [1.82, 2.24) is 9.97 Å². The molecule has 0 unspecified atom stereocenters. The van der Waals surface area contributed by atoms with Gasteiger partial charge >= 0.3 is 22.1 Å². The quantitative estimate of drug-likeness (QED) is 0.512. The lowest BCUT2D eigenvalue weighted by Gasteiger charge is -2.06.